The fourth-order valence-electron chi connectivity index (χ4n) is 4.12. The smallest absolute Gasteiger partial charge is 0.159 e. The number of carbonyl (C=O) groups is 1. The largest absolute Gasteiger partial charge is 0.295 e. The van der Waals surface area contributed by atoms with Gasteiger partial charge in [0.1, 0.15) is 0 Å². The predicted octanol–water partition coefficient (Wildman–Crippen LogP) is 3.23. The quantitative estimate of drug-likeness (QED) is 0.615. The van der Waals surface area contributed by atoms with Crippen molar-refractivity contribution in [2.24, 2.45) is 35.0 Å². The molecule has 3 aliphatic rings. The van der Waals surface area contributed by atoms with Crippen molar-refractivity contribution in [1.29, 1.82) is 0 Å². The van der Waals surface area contributed by atoms with E-state index < -0.39 is 0 Å². The van der Waals surface area contributed by atoms with Gasteiger partial charge in [-0.3, -0.25) is 4.79 Å². The van der Waals surface area contributed by atoms with Crippen molar-refractivity contribution in [2.75, 3.05) is 0 Å². The highest BCUT2D eigenvalue weighted by Gasteiger charge is 2.56. The summed E-state index contributed by atoms with van der Waals surface area (Å²) >= 11 is 0. The molecule has 3 aliphatic carbocycles. The van der Waals surface area contributed by atoms with Gasteiger partial charge in [-0.15, -0.1) is 0 Å². The van der Waals surface area contributed by atoms with Crippen LogP contribution in [-0.2, 0) is 4.79 Å². The van der Waals surface area contributed by atoms with Crippen LogP contribution < -0.4 is 0 Å². The monoisotopic (exact) mass is 216 g/mol. The summed E-state index contributed by atoms with van der Waals surface area (Å²) in [6, 6.07) is 0. The summed E-state index contributed by atoms with van der Waals surface area (Å²) in [6.45, 7) is 6.91. The predicted molar refractivity (Wildman–Crippen MR) is 64.8 cm³/mol. The van der Waals surface area contributed by atoms with E-state index in [4.69, 9.17) is 0 Å². The molecular weight excluding hydrogens is 196 g/mol. The van der Waals surface area contributed by atoms with Crippen LogP contribution in [0.4, 0.5) is 0 Å². The van der Waals surface area contributed by atoms with Crippen molar-refractivity contribution < 1.29 is 4.79 Å². The summed E-state index contributed by atoms with van der Waals surface area (Å²) in [7, 11) is 0. The Hall–Kier alpha value is -0.850. The van der Waals surface area contributed by atoms with Crippen molar-refractivity contribution in [3.63, 3.8) is 0 Å². The lowest BCUT2D eigenvalue weighted by atomic mass is 9.58. The Morgan fingerprint density at radius 3 is 2.69 bits per heavy atom. The van der Waals surface area contributed by atoms with Gasteiger partial charge in [-0.1, -0.05) is 39.0 Å². The van der Waals surface area contributed by atoms with Crippen LogP contribution >= 0.6 is 0 Å². The third kappa shape index (κ3) is 1.09. The number of fused-ring (bicyclic) bond motifs is 5. The lowest BCUT2D eigenvalue weighted by Gasteiger charge is -2.45. The highest BCUT2D eigenvalue weighted by Crippen LogP contribution is 2.59. The van der Waals surface area contributed by atoms with Crippen molar-refractivity contribution >= 4 is 5.78 Å². The molecule has 0 amide bonds. The van der Waals surface area contributed by atoms with E-state index >= 15 is 0 Å². The van der Waals surface area contributed by atoms with Crippen LogP contribution in [0.2, 0.25) is 0 Å². The first-order valence-corrected chi connectivity index (χ1v) is 6.45. The summed E-state index contributed by atoms with van der Waals surface area (Å²) in [4.78, 5) is 12.1. The Kier molecular flexibility index (Phi) is 1.99. The van der Waals surface area contributed by atoms with Crippen LogP contribution in [0.15, 0.2) is 24.3 Å². The molecule has 1 fully saturated rings. The molecule has 0 aromatic rings. The second-order valence-electron chi connectivity index (χ2n) is 6.26. The molecule has 0 spiro atoms. The maximum atomic E-state index is 12.1. The van der Waals surface area contributed by atoms with E-state index in [1.807, 2.05) is 6.08 Å². The molecule has 0 aromatic carbocycles. The van der Waals surface area contributed by atoms with Gasteiger partial charge in [0.25, 0.3) is 0 Å². The molecular formula is C15H20O. The summed E-state index contributed by atoms with van der Waals surface area (Å²) in [5, 5.41) is 0. The van der Waals surface area contributed by atoms with Crippen molar-refractivity contribution in [2.45, 2.75) is 27.2 Å². The SMILES string of the molecule is CC(C)[C@@]1(C)C=CC(=O)[C@H]2[C@@H]1[C@H]1C=C[C@@H]2C1. The van der Waals surface area contributed by atoms with Gasteiger partial charge in [0.05, 0.1) is 0 Å². The first-order chi connectivity index (χ1) is 7.54. The average molecular weight is 216 g/mol. The molecule has 0 N–H and O–H groups in total. The Labute approximate surface area is 97.6 Å². The number of hydrogen-bond acceptors (Lipinski definition) is 1. The fourth-order valence-corrected chi connectivity index (χ4v) is 4.12. The van der Waals surface area contributed by atoms with E-state index in [2.05, 4.69) is 39.0 Å². The van der Waals surface area contributed by atoms with E-state index in [-0.39, 0.29) is 11.3 Å². The van der Waals surface area contributed by atoms with Crippen LogP contribution in [0.25, 0.3) is 0 Å². The molecule has 86 valence electrons. The summed E-state index contributed by atoms with van der Waals surface area (Å²) < 4.78 is 0. The molecule has 16 heavy (non-hydrogen) atoms. The summed E-state index contributed by atoms with van der Waals surface area (Å²) in [6.07, 6.45) is 9.90. The maximum absolute atomic E-state index is 12.1. The zero-order chi connectivity index (χ0) is 11.5. The van der Waals surface area contributed by atoms with Crippen LogP contribution in [0.1, 0.15) is 27.2 Å². The van der Waals surface area contributed by atoms with Gasteiger partial charge in [-0.2, -0.15) is 0 Å². The highest BCUT2D eigenvalue weighted by atomic mass is 16.1. The average Bonchev–Trinajstić information content (AvgIpc) is 2.83. The first-order valence-electron chi connectivity index (χ1n) is 6.45. The minimum absolute atomic E-state index is 0.211. The number of allylic oxidation sites excluding steroid dienone is 4. The van der Waals surface area contributed by atoms with E-state index in [0.717, 1.165) is 0 Å². The van der Waals surface area contributed by atoms with Crippen LogP contribution in [0.3, 0.4) is 0 Å². The maximum Gasteiger partial charge on any atom is 0.159 e. The van der Waals surface area contributed by atoms with Gasteiger partial charge in [0.15, 0.2) is 5.78 Å². The first kappa shape index (κ1) is 10.3. The minimum Gasteiger partial charge on any atom is -0.295 e. The molecule has 2 bridgehead atoms. The summed E-state index contributed by atoms with van der Waals surface area (Å²) in [5.74, 6) is 3.01. The van der Waals surface area contributed by atoms with Gasteiger partial charge in [0.2, 0.25) is 0 Å². The van der Waals surface area contributed by atoms with Crippen LogP contribution in [0.5, 0.6) is 0 Å². The van der Waals surface area contributed by atoms with E-state index in [1.54, 1.807) is 0 Å². The molecule has 1 nitrogen and oxygen atoms in total. The lowest BCUT2D eigenvalue weighted by Crippen LogP contribution is -2.43. The third-order valence-corrected chi connectivity index (χ3v) is 5.36. The van der Waals surface area contributed by atoms with Crippen LogP contribution in [0, 0.1) is 35.0 Å². The molecule has 1 saturated carbocycles. The molecule has 0 unspecified atom stereocenters. The third-order valence-electron chi connectivity index (χ3n) is 5.36. The second-order valence-corrected chi connectivity index (χ2v) is 6.26. The minimum atomic E-state index is 0.211. The Balaban J connectivity index is 2.08. The molecule has 0 aromatic heterocycles. The van der Waals surface area contributed by atoms with Gasteiger partial charge in [0, 0.05) is 5.92 Å². The molecule has 5 atom stereocenters. The van der Waals surface area contributed by atoms with Gasteiger partial charge in [-0.05, 0) is 41.6 Å². The van der Waals surface area contributed by atoms with Crippen molar-refractivity contribution in [1.82, 2.24) is 0 Å². The topological polar surface area (TPSA) is 17.1 Å². The Morgan fingerprint density at radius 2 is 2.00 bits per heavy atom. The van der Waals surface area contributed by atoms with Gasteiger partial charge >= 0.3 is 0 Å². The molecule has 1 heteroatoms. The zero-order valence-corrected chi connectivity index (χ0v) is 10.3. The van der Waals surface area contributed by atoms with Crippen LogP contribution in [-0.4, -0.2) is 5.78 Å². The lowest BCUT2D eigenvalue weighted by molar-refractivity contribution is -0.123. The zero-order valence-electron chi connectivity index (χ0n) is 10.3. The summed E-state index contributed by atoms with van der Waals surface area (Å²) in [5.41, 5.74) is 0.211. The Morgan fingerprint density at radius 1 is 1.31 bits per heavy atom. The molecule has 0 saturated heterocycles. The van der Waals surface area contributed by atoms with E-state index in [0.29, 0.717) is 29.5 Å². The van der Waals surface area contributed by atoms with Crippen molar-refractivity contribution in [3.05, 3.63) is 24.3 Å². The number of rotatable bonds is 1. The number of carbonyl (C=O) groups excluding carboxylic acids is 1. The normalized spacial score (nSPS) is 49.1. The van der Waals surface area contributed by atoms with Gasteiger partial charge in [-0.25, -0.2) is 0 Å². The second kappa shape index (κ2) is 3.09. The van der Waals surface area contributed by atoms with E-state index in [1.165, 1.54) is 6.42 Å². The highest BCUT2D eigenvalue weighted by molar-refractivity contribution is 5.94. The molecule has 0 aliphatic heterocycles. The molecule has 0 radical (unpaired) electrons. The van der Waals surface area contributed by atoms with E-state index in [9.17, 15) is 4.79 Å². The standard InChI is InChI=1S/C15H20O/c1-9(2)15(3)7-6-12(16)13-10-4-5-11(8-10)14(13)15/h4-7,9-11,13-14H,8H2,1-3H3/t10-,11+,13+,14+,15-/m1/s1. The van der Waals surface area contributed by atoms with Crippen molar-refractivity contribution in [3.8, 4) is 0 Å². The molecule has 3 rings (SSSR count). The van der Waals surface area contributed by atoms with Gasteiger partial charge < -0.3 is 0 Å². The Bertz CT molecular complexity index is 390. The molecule has 0 heterocycles. The fraction of sp³-hybridized carbons (Fsp3) is 0.667. The number of hydrogen-bond donors (Lipinski definition) is 0. The number of ketones is 1.